The summed E-state index contributed by atoms with van der Waals surface area (Å²) >= 11 is 0. The Morgan fingerprint density at radius 2 is 2.00 bits per heavy atom. The van der Waals surface area contributed by atoms with E-state index < -0.39 is 16.9 Å². The Bertz CT molecular complexity index is 776. The lowest BCUT2D eigenvalue weighted by atomic mass is 9.96. The zero-order chi connectivity index (χ0) is 17.1. The number of benzene rings is 2. The summed E-state index contributed by atoms with van der Waals surface area (Å²) in [6.07, 6.45) is -0.0811. The molecule has 0 aromatic heterocycles. The highest BCUT2D eigenvalue weighted by atomic mass is 16.6. The lowest BCUT2D eigenvalue weighted by molar-refractivity contribution is -0.383. The van der Waals surface area contributed by atoms with Crippen LogP contribution in [0.4, 0.5) is 11.4 Å². The second kappa shape index (κ2) is 6.32. The van der Waals surface area contributed by atoms with Crippen molar-refractivity contribution < 1.29 is 19.9 Å². The number of carboxylic acid groups (broad SMARTS) is 1. The maximum absolute atomic E-state index is 11.2. The third kappa shape index (κ3) is 3.55. The minimum Gasteiger partial charge on any atom is -0.508 e. The summed E-state index contributed by atoms with van der Waals surface area (Å²) in [6.45, 7) is 0. The molecule has 8 heteroatoms. The van der Waals surface area contributed by atoms with Crippen LogP contribution in [0.5, 0.6) is 5.75 Å². The number of phenols is 1. The Morgan fingerprint density at radius 1 is 1.30 bits per heavy atom. The molecule has 0 saturated heterocycles. The number of phenolic OH excluding ortho intramolecular Hbond substituents is 1. The number of nitrogen functional groups attached to an aromatic ring is 1. The highest BCUT2D eigenvalue weighted by Crippen LogP contribution is 2.36. The molecule has 2 aromatic carbocycles. The van der Waals surface area contributed by atoms with Gasteiger partial charge in [0.2, 0.25) is 0 Å². The molecule has 2 rings (SSSR count). The topological polar surface area (TPSA) is 153 Å². The molecule has 0 bridgehead atoms. The van der Waals surface area contributed by atoms with Gasteiger partial charge in [-0.3, -0.25) is 14.9 Å². The first-order valence-electron chi connectivity index (χ1n) is 6.64. The normalized spacial score (nSPS) is 11.9. The van der Waals surface area contributed by atoms with Gasteiger partial charge in [-0.15, -0.1) is 0 Å². The van der Waals surface area contributed by atoms with E-state index in [9.17, 15) is 20.0 Å². The summed E-state index contributed by atoms with van der Waals surface area (Å²) < 4.78 is 0. The smallest absolute Gasteiger partial charge is 0.320 e. The Morgan fingerprint density at radius 3 is 2.57 bits per heavy atom. The first-order valence-corrected chi connectivity index (χ1v) is 6.64. The van der Waals surface area contributed by atoms with E-state index in [1.54, 1.807) is 18.2 Å². The number of carboxylic acids is 1. The molecule has 2 aromatic rings. The van der Waals surface area contributed by atoms with Crippen molar-refractivity contribution >= 4 is 17.3 Å². The monoisotopic (exact) mass is 317 g/mol. The van der Waals surface area contributed by atoms with Crippen molar-refractivity contribution in [2.75, 3.05) is 5.73 Å². The summed E-state index contributed by atoms with van der Waals surface area (Å²) in [5, 5.41) is 29.6. The average molecular weight is 317 g/mol. The van der Waals surface area contributed by atoms with Crippen molar-refractivity contribution in [3.8, 4) is 16.9 Å². The number of nitrogens with zero attached hydrogens (tertiary/aromatic N) is 1. The van der Waals surface area contributed by atoms with E-state index in [1.807, 2.05) is 0 Å². The molecule has 1 unspecified atom stereocenters. The molecule has 0 radical (unpaired) electrons. The van der Waals surface area contributed by atoms with E-state index >= 15 is 0 Å². The summed E-state index contributed by atoms with van der Waals surface area (Å²) in [5.74, 6) is -1.22. The number of anilines is 1. The molecule has 120 valence electrons. The summed E-state index contributed by atoms with van der Waals surface area (Å²) in [4.78, 5) is 21.4. The number of hydrogen-bond acceptors (Lipinski definition) is 6. The fourth-order valence-corrected chi connectivity index (χ4v) is 2.22. The van der Waals surface area contributed by atoms with Crippen LogP contribution in [0.25, 0.3) is 11.1 Å². The average Bonchev–Trinajstić information content (AvgIpc) is 2.48. The quantitative estimate of drug-likeness (QED) is 0.370. The van der Waals surface area contributed by atoms with Crippen LogP contribution >= 0.6 is 0 Å². The van der Waals surface area contributed by atoms with E-state index in [4.69, 9.17) is 16.6 Å². The van der Waals surface area contributed by atoms with Crippen LogP contribution in [0, 0.1) is 10.1 Å². The lowest BCUT2D eigenvalue weighted by Crippen LogP contribution is -2.32. The molecular formula is C15H15N3O5. The highest BCUT2D eigenvalue weighted by molar-refractivity contribution is 5.84. The van der Waals surface area contributed by atoms with E-state index in [2.05, 4.69) is 0 Å². The largest absolute Gasteiger partial charge is 0.508 e. The molecule has 23 heavy (non-hydrogen) atoms. The molecule has 0 spiro atoms. The Balaban J connectivity index is 2.58. The molecular weight excluding hydrogens is 302 g/mol. The van der Waals surface area contributed by atoms with Crippen LogP contribution < -0.4 is 11.5 Å². The highest BCUT2D eigenvalue weighted by Gasteiger charge is 2.21. The van der Waals surface area contributed by atoms with Crippen molar-refractivity contribution in [3.05, 3.63) is 52.1 Å². The first-order chi connectivity index (χ1) is 10.8. The number of nitro groups is 1. The minimum atomic E-state index is -1.21. The first kappa shape index (κ1) is 16.2. The second-order valence-corrected chi connectivity index (χ2v) is 5.03. The molecule has 0 fully saturated rings. The van der Waals surface area contributed by atoms with Gasteiger partial charge < -0.3 is 21.7 Å². The van der Waals surface area contributed by atoms with Crippen LogP contribution in [0.2, 0.25) is 0 Å². The molecule has 0 aliphatic carbocycles. The number of nitro benzene ring substituents is 1. The Labute approximate surface area is 131 Å². The van der Waals surface area contributed by atoms with Crippen molar-refractivity contribution in [1.29, 1.82) is 0 Å². The van der Waals surface area contributed by atoms with Gasteiger partial charge in [-0.1, -0.05) is 12.1 Å². The van der Waals surface area contributed by atoms with Crippen LogP contribution in [-0.2, 0) is 11.2 Å². The van der Waals surface area contributed by atoms with Crippen LogP contribution in [0.1, 0.15) is 5.56 Å². The van der Waals surface area contributed by atoms with Crippen LogP contribution in [0.15, 0.2) is 36.4 Å². The second-order valence-electron chi connectivity index (χ2n) is 5.03. The summed E-state index contributed by atoms with van der Waals surface area (Å²) in [7, 11) is 0. The molecule has 0 saturated carbocycles. The van der Waals surface area contributed by atoms with Crippen molar-refractivity contribution in [1.82, 2.24) is 0 Å². The number of carbonyl (C=O) groups is 1. The molecule has 0 amide bonds. The standard InChI is InChI=1S/C15H15N3O5/c16-12(15(20)21)5-8-4-11(9-2-1-3-10(19)7-9)14(17)13(6-8)18(22)23/h1-4,6-7,12,19H,5,16-17H2,(H,20,21). The van der Waals surface area contributed by atoms with Crippen molar-refractivity contribution in [3.63, 3.8) is 0 Å². The maximum atomic E-state index is 11.2. The zero-order valence-corrected chi connectivity index (χ0v) is 12.0. The van der Waals surface area contributed by atoms with E-state index in [1.165, 1.54) is 18.2 Å². The van der Waals surface area contributed by atoms with Gasteiger partial charge in [0, 0.05) is 11.6 Å². The van der Waals surface area contributed by atoms with Gasteiger partial charge >= 0.3 is 5.97 Å². The molecule has 1 atom stereocenters. The van der Waals surface area contributed by atoms with E-state index in [-0.39, 0.29) is 23.5 Å². The lowest BCUT2D eigenvalue weighted by Gasteiger charge is -2.12. The van der Waals surface area contributed by atoms with E-state index in [0.717, 1.165) is 0 Å². The molecule has 8 nitrogen and oxygen atoms in total. The number of hydrogen-bond donors (Lipinski definition) is 4. The van der Waals surface area contributed by atoms with Gasteiger partial charge in [0.25, 0.3) is 5.69 Å². The van der Waals surface area contributed by atoms with Gasteiger partial charge in [-0.2, -0.15) is 0 Å². The third-order valence-corrected chi connectivity index (χ3v) is 3.34. The predicted octanol–water partition coefficient (Wildman–Crippen LogP) is 1.50. The predicted molar refractivity (Wildman–Crippen MR) is 83.9 cm³/mol. The number of nitrogens with two attached hydrogens (primary N) is 2. The molecule has 0 aliphatic rings. The number of aromatic hydroxyl groups is 1. The number of rotatable bonds is 5. The minimum absolute atomic E-state index is 0.0165. The fourth-order valence-electron chi connectivity index (χ4n) is 2.22. The van der Waals surface area contributed by atoms with Gasteiger partial charge in [0.15, 0.2) is 0 Å². The third-order valence-electron chi connectivity index (χ3n) is 3.34. The van der Waals surface area contributed by atoms with Gasteiger partial charge in [-0.25, -0.2) is 0 Å². The van der Waals surface area contributed by atoms with Gasteiger partial charge in [0.1, 0.15) is 17.5 Å². The Kier molecular flexibility index (Phi) is 4.47. The summed E-state index contributed by atoms with van der Waals surface area (Å²) in [6, 6.07) is 7.65. The number of aliphatic carboxylic acids is 1. The molecule has 0 heterocycles. The van der Waals surface area contributed by atoms with Crippen molar-refractivity contribution in [2.24, 2.45) is 5.73 Å². The maximum Gasteiger partial charge on any atom is 0.320 e. The zero-order valence-electron chi connectivity index (χ0n) is 12.0. The van der Waals surface area contributed by atoms with Gasteiger partial charge in [0.05, 0.1) is 4.92 Å². The molecule has 0 aliphatic heterocycles. The van der Waals surface area contributed by atoms with Gasteiger partial charge in [-0.05, 0) is 35.7 Å². The SMILES string of the molecule is Nc1c(-c2cccc(O)c2)cc(CC(N)C(=O)O)cc1[N+](=O)[O-]. The van der Waals surface area contributed by atoms with E-state index in [0.29, 0.717) is 16.7 Å². The fraction of sp³-hybridized carbons (Fsp3) is 0.133. The van der Waals surface area contributed by atoms with Crippen LogP contribution in [0.3, 0.4) is 0 Å². The summed E-state index contributed by atoms with van der Waals surface area (Å²) in [5.41, 5.74) is 12.1. The van der Waals surface area contributed by atoms with Crippen molar-refractivity contribution in [2.45, 2.75) is 12.5 Å². The van der Waals surface area contributed by atoms with Crippen LogP contribution in [-0.4, -0.2) is 27.1 Å². The molecule has 6 N–H and O–H groups in total. The Hall–Kier alpha value is -3.13.